The van der Waals surface area contributed by atoms with Gasteiger partial charge >= 0.3 is 11.9 Å². The number of carbonyl (C=O) groups is 2. The molecule has 0 bridgehead atoms. The summed E-state index contributed by atoms with van der Waals surface area (Å²) in [7, 11) is 2.50. The molecule has 1 fully saturated rings. The molecule has 0 unspecified atom stereocenters. The molecule has 0 saturated carbocycles. The molecule has 1 heterocycles. The fourth-order valence-electron chi connectivity index (χ4n) is 2.62. The Hall–Kier alpha value is -1.14. The smallest absolute Gasteiger partial charge is 0.320 e. The van der Waals surface area contributed by atoms with Crippen LogP contribution in [0.2, 0.25) is 0 Å². The number of ether oxygens (including phenoxy) is 4. The Kier molecular flexibility index (Phi) is 5.53. The molecule has 20 heavy (non-hydrogen) atoms. The van der Waals surface area contributed by atoms with Gasteiger partial charge in [0, 0.05) is 6.42 Å². The van der Waals surface area contributed by atoms with Gasteiger partial charge in [0.25, 0.3) is 0 Å². The van der Waals surface area contributed by atoms with Crippen LogP contribution in [0.5, 0.6) is 0 Å². The summed E-state index contributed by atoms with van der Waals surface area (Å²) in [5, 5.41) is 0. The Balaban J connectivity index is 2.79. The van der Waals surface area contributed by atoms with Crippen LogP contribution in [0.15, 0.2) is 0 Å². The second-order valence-electron chi connectivity index (χ2n) is 5.49. The summed E-state index contributed by atoms with van der Waals surface area (Å²) in [6.45, 7) is 7.45. The molecule has 1 aliphatic heterocycles. The zero-order chi connectivity index (χ0) is 15.5. The number of rotatable bonds is 5. The number of esters is 2. The second-order valence-corrected chi connectivity index (χ2v) is 5.49. The summed E-state index contributed by atoms with van der Waals surface area (Å²) < 4.78 is 20.9. The van der Waals surface area contributed by atoms with Gasteiger partial charge < -0.3 is 18.9 Å². The number of hydrogen-bond donors (Lipinski definition) is 0. The largest absolute Gasteiger partial charge is 0.468 e. The van der Waals surface area contributed by atoms with Crippen molar-refractivity contribution in [2.24, 2.45) is 11.8 Å². The van der Waals surface area contributed by atoms with Gasteiger partial charge in [-0.1, -0.05) is 6.92 Å². The van der Waals surface area contributed by atoms with E-state index in [2.05, 4.69) is 9.47 Å². The van der Waals surface area contributed by atoms with Crippen molar-refractivity contribution in [2.45, 2.75) is 52.1 Å². The van der Waals surface area contributed by atoms with Crippen LogP contribution in [0.3, 0.4) is 0 Å². The minimum absolute atomic E-state index is 0.0260. The van der Waals surface area contributed by atoms with Crippen LogP contribution in [0.4, 0.5) is 0 Å². The fourth-order valence-corrected chi connectivity index (χ4v) is 2.62. The van der Waals surface area contributed by atoms with E-state index in [0.717, 1.165) is 0 Å². The van der Waals surface area contributed by atoms with E-state index in [0.29, 0.717) is 6.42 Å². The lowest BCUT2D eigenvalue weighted by Gasteiger charge is -2.29. The van der Waals surface area contributed by atoms with Gasteiger partial charge in [-0.3, -0.25) is 9.59 Å². The normalized spacial score (nSPS) is 26.4. The van der Waals surface area contributed by atoms with Crippen LogP contribution in [0, 0.1) is 11.8 Å². The van der Waals surface area contributed by atoms with E-state index in [1.165, 1.54) is 14.2 Å². The highest BCUT2D eigenvalue weighted by molar-refractivity contribution is 5.95. The van der Waals surface area contributed by atoms with Crippen molar-refractivity contribution in [1.82, 2.24) is 0 Å². The molecule has 0 aromatic rings. The topological polar surface area (TPSA) is 71.1 Å². The molecule has 3 atom stereocenters. The molecule has 0 N–H and O–H groups in total. The third kappa shape index (κ3) is 3.70. The van der Waals surface area contributed by atoms with Gasteiger partial charge in [-0.2, -0.15) is 0 Å². The molecule has 1 aliphatic rings. The van der Waals surface area contributed by atoms with Gasteiger partial charge in [0.2, 0.25) is 0 Å². The molecule has 1 saturated heterocycles. The molecule has 0 aliphatic carbocycles. The van der Waals surface area contributed by atoms with Crippen molar-refractivity contribution in [3.8, 4) is 0 Å². The minimum Gasteiger partial charge on any atom is -0.468 e. The highest BCUT2D eigenvalue weighted by atomic mass is 16.8. The van der Waals surface area contributed by atoms with Crippen molar-refractivity contribution in [1.29, 1.82) is 0 Å². The number of methoxy groups -OCH3 is 2. The third-order valence-electron chi connectivity index (χ3n) is 3.70. The zero-order valence-corrected chi connectivity index (χ0v) is 13.0. The highest BCUT2D eigenvalue weighted by Crippen LogP contribution is 2.35. The lowest BCUT2D eigenvalue weighted by Crippen LogP contribution is -2.38. The van der Waals surface area contributed by atoms with E-state index in [1.54, 1.807) is 6.92 Å². The average Bonchev–Trinajstić information content (AvgIpc) is 2.62. The quantitative estimate of drug-likeness (QED) is 0.564. The molecular formula is C14H24O6. The van der Waals surface area contributed by atoms with E-state index < -0.39 is 23.6 Å². The van der Waals surface area contributed by atoms with Gasteiger partial charge in [-0.25, -0.2) is 0 Å². The van der Waals surface area contributed by atoms with Gasteiger partial charge in [0.05, 0.1) is 26.4 Å². The van der Waals surface area contributed by atoms with Gasteiger partial charge in [0.1, 0.15) is 0 Å². The van der Waals surface area contributed by atoms with Crippen molar-refractivity contribution in [3.63, 3.8) is 0 Å². The molecule has 0 spiro atoms. The predicted molar refractivity (Wildman–Crippen MR) is 70.8 cm³/mol. The molecule has 0 aromatic carbocycles. The first kappa shape index (κ1) is 16.9. The monoisotopic (exact) mass is 288 g/mol. The average molecular weight is 288 g/mol. The zero-order valence-electron chi connectivity index (χ0n) is 13.0. The summed E-state index contributed by atoms with van der Waals surface area (Å²) in [4.78, 5) is 23.5. The van der Waals surface area contributed by atoms with E-state index in [1.807, 2.05) is 20.8 Å². The first-order valence-corrected chi connectivity index (χ1v) is 6.75. The first-order valence-electron chi connectivity index (χ1n) is 6.75. The van der Waals surface area contributed by atoms with E-state index in [-0.39, 0.29) is 18.1 Å². The maximum Gasteiger partial charge on any atom is 0.320 e. The number of hydrogen-bond acceptors (Lipinski definition) is 6. The predicted octanol–water partition coefficient (Wildman–Crippen LogP) is 1.51. The fraction of sp³-hybridized carbons (Fsp3) is 0.857. The molecule has 6 nitrogen and oxygen atoms in total. The van der Waals surface area contributed by atoms with Crippen molar-refractivity contribution < 1.29 is 28.5 Å². The first-order chi connectivity index (χ1) is 9.24. The maximum absolute atomic E-state index is 11.8. The minimum atomic E-state index is -0.972. The summed E-state index contributed by atoms with van der Waals surface area (Å²) in [5.74, 6) is -3.31. The van der Waals surface area contributed by atoms with Crippen LogP contribution >= 0.6 is 0 Å². The lowest BCUT2D eigenvalue weighted by molar-refractivity contribution is -0.180. The highest BCUT2D eigenvalue weighted by Gasteiger charge is 2.44. The van der Waals surface area contributed by atoms with Gasteiger partial charge in [0.15, 0.2) is 11.7 Å². The Labute approximate surface area is 119 Å². The molecular weight excluding hydrogens is 264 g/mol. The van der Waals surface area contributed by atoms with Crippen molar-refractivity contribution >= 4 is 11.9 Å². The summed E-state index contributed by atoms with van der Waals surface area (Å²) in [6.07, 6.45) is 0.347. The van der Waals surface area contributed by atoms with Gasteiger partial charge in [-0.15, -0.1) is 0 Å². The maximum atomic E-state index is 11.8. The van der Waals surface area contributed by atoms with Crippen LogP contribution in [0.25, 0.3) is 0 Å². The summed E-state index contributed by atoms with van der Waals surface area (Å²) >= 11 is 0. The van der Waals surface area contributed by atoms with Crippen LogP contribution in [-0.2, 0) is 28.5 Å². The molecule has 1 rings (SSSR count). The van der Waals surface area contributed by atoms with E-state index in [9.17, 15) is 9.59 Å². The summed E-state index contributed by atoms with van der Waals surface area (Å²) in [5.41, 5.74) is 0. The summed E-state index contributed by atoms with van der Waals surface area (Å²) in [6, 6.07) is 0. The van der Waals surface area contributed by atoms with Crippen LogP contribution in [-0.4, -0.2) is 44.2 Å². The Bertz CT molecular complexity index is 341. The standard InChI is InChI=1S/C14H24O6/c1-8(11(12(15)17-5)13(16)18-6)7-14(4)19-9(2)10(3)20-14/h8-11H,7H2,1-6H3/t8-,9-,10-/m1/s1. The number of carbonyl (C=O) groups excluding carboxylic acids is 2. The van der Waals surface area contributed by atoms with Crippen LogP contribution in [0.1, 0.15) is 34.1 Å². The Morgan fingerprint density at radius 3 is 1.85 bits per heavy atom. The molecule has 0 amide bonds. The Morgan fingerprint density at radius 2 is 1.50 bits per heavy atom. The van der Waals surface area contributed by atoms with E-state index >= 15 is 0 Å². The Morgan fingerprint density at radius 1 is 1.10 bits per heavy atom. The second kappa shape index (κ2) is 6.54. The SMILES string of the molecule is COC(=O)C(C(=O)OC)[C@H](C)CC1(C)O[C@H](C)[C@@H](C)O1. The molecule has 6 heteroatoms. The van der Waals surface area contributed by atoms with E-state index in [4.69, 9.17) is 9.47 Å². The molecule has 0 aromatic heterocycles. The lowest BCUT2D eigenvalue weighted by atomic mass is 9.88. The van der Waals surface area contributed by atoms with Gasteiger partial charge in [-0.05, 0) is 26.7 Å². The van der Waals surface area contributed by atoms with Crippen LogP contribution < -0.4 is 0 Å². The third-order valence-corrected chi connectivity index (χ3v) is 3.70. The van der Waals surface area contributed by atoms with Crippen molar-refractivity contribution in [3.05, 3.63) is 0 Å². The van der Waals surface area contributed by atoms with Crippen molar-refractivity contribution in [2.75, 3.05) is 14.2 Å². The molecule has 0 radical (unpaired) electrons. The molecule has 116 valence electrons.